The van der Waals surface area contributed by atoms with Gasteiger partial charge in [0.15, 0.2) is 11.4 Å². The van der Waals surface area contributed by atoms with Crippen LogP contribution in [0.5, 0.6) is 17.2 Å². The van der Waals surface area contributed by atoms with E-state index in [1.54, 1.807) is 6.92 Å². The molecule has 0 unspecified atom stereocenters. The van der Waals surface area contributed by atoms with Crippen molar-refractivity contribution in [3.63, 3.8) is 0 Å². The Balaban J connectivity index is 1.77. The maximum absolute atomic E-state index is 13.2. The highest BCUT2D eigenvalue weighted by Gasteiger charge is 2.36. The van der Waals surface area contributed by atoms with Gasteiger partial charge in [-0.3, -0.25) is 9.59 Å². The number of rotatable bonds is 10. The average Bonchev–Trinajstić information content (AvgIpc) is 2.96. The van der Waals surface area contributed by atoms with Gasteiger partial charge >= 0.3 is 11.9 Å². The number of carbonyl (C=O) groups excluding carboxylic acids is 3. The standard InChI is InChI=1S/C27H34N2O9/c1-17-24(35-4)21(37-18-9-6-5-7-10-18)12-8-11-19(27(32)36-17)29-26(31)23-25(20(34-3)13-15-28-23)38-22(30)14-16-33-2/h5-7,9-10,13,15,17,19,21,24H,8,11-12,14,16H2,1-4H3,(H,29,31)/t17-,19-,21-,24-/m0/s1. The van der Waals surface area contributed by atoms with Gasteiger partial charge in [-0.2, -0.15) is 0 Å². The van der Waals surface area contributed by atoms with E-state index in [2.05, 4.69) is 10.3 Å². The molecule has 1 fully saturated rings. The number of para-hydroxylation sites is 1. The van der Waals surface area contributed by atoms with E-state index >= 15 is 0 Å². The molecule has 0 saturated carbocycles. The lowest BCUT2D eigenvalue weighted by Crippen LogP contribution is -2.46. The minimum Gasteiger partial charge on any atom is -0.493 e. The van der Waals surface area contributed by atoms with Crippen LogP contribution in [0, 0.1) is 0 Å². The minimum atomic E-state index is -0.969. The highest BCUT2D eigenvalue weighted by Crippen LogP contribution is 2.30. The molecule has 0 spiro atoms. The molecule has 38 heavy (non-hydrogen) atoms. The molecule has 1 amide bonds. The monoisotopic (exact) mass is 530 g/mol. The van der Waals surface area contributed by atoms with E-state index in [9.17, 15) is 14.4 Å². The Bertz CT molecular complexity index is 1080. The van der Waals surface area contributed by atoms with Gasteiger partial charge in [-0.05, 0) is 38.3 Å². The van der Waals surface area contributed by atoms with Crippen LogP contribution in [-0.2, 0) is 23.8 Å². The van der Waals surface area contributed by atoms with Gasteiger partial charge in [0.2, 0.25) is 5.75 Å². The molecule has 206 valence electrons. The van der Waals surface area contributed by atoms with E-state index in [1.165, 1.54) is 33.6 Å². The first-order valence-corrected chi connectivity index (χ1v) is 12.4. The largest absolute Gasteiger partial charge is 0.493 e. The zero-order valence-electron chi connectivity index (χ0n) is 22.0. The van der Waals surface area contributed by atoms with Gasteiger partial charge in [-0.1, -0.05) is 18.2 Å². The van der Waals surface area contributed by atoms with Crippen molar-refractivity contribution in [2.75, 3.05) is 27.9 Å². The minimum absolute atomic E-state index is 0.0324. The average molecular weight is 531 g/mol. The van der Waals surface area contributed by atoms with Gasteiger partial charge in [-0.25, -0.2) is 9.78 Å². The number of ether oxygens (including phenoxy) is 6. The zero-order chi connectivity index (χ0) is 27.5. The molecule has 1 aromatic heterocycles. The number of hydrogen-bond acceptors (Lipinski definition) is 10. The Kier molecular flexibility index (Phi) is 10.9. The molecule has 4 atom stereocenters. The number of methoxy groups -OCH3 is 3. The Morgan fingerprint density at radius 3 is 2.55 bits per heavy atom. The van der Waals surface area contributed by atoms with Gasteiger partial charge in [-0.15, -0.1) is 0 Å². The maximum Gasteiger partial charge on any atom is 0.329 e. The first kappa shape index (κ1) is 28.9. The molecule has 0 aliphatic carbocycles. The van der Waals surface area contributed by atoms with E-state index in [1.807, 2.05) is 30.3 Å². The SMILES string of the molecule is COCCC(=O)Oc1c(OC)ccnc1C(=O)N[C@H]1CCC[C@H](Oc2ccccc2)[C@@H](OC)[C@H](C)OC1=O. The fourth-order valence-corrected chi connectivity index (χ4v) is 4.14. The third-order valence-electron chi connectivity index (χ3n) is 6.03. The van der Waals surface area contributed by atoms with Crippen LogP contribution in [-0.4, -0.2) is 75.1 Å². The van der Waals surface area contributed by atoms with E-state index in [-0.39, 0.29) is 42.7 Å². The summed E-state index contributed by atoms with van der Waals surface area (Å²) in [5.74, 6) is -1.28. The predicted molar refractivity (Wildman–Crippen MR) is 135 cm³/mol. The summed E-state index contributed by atoms with van der Waals surface area (Å²) in [6.07, 6.45) is 1.15. The molecule has 2 aromatic rings. The van der Waals surface area contributed by atoms with Crippen molar-refractivity contribution < 1.29 is 42.8 Å². The van der Waals surface area contributed by atoms with Crippen LogP contribution >= 0.6 is 0 Å². The van der Waals surface area contributed by atoms with Crippen molar-refractivity contribution in [2.24, 2.45) is 0 Å². The number of aromatic nitrogens is 1. The van der Waals surface area contributed by atoms with Crippen LogP contribution in [0.2, 0.25) is 0 Å². The van der Waals surface area contributed by atoms with Gasteiger partial charge in [0, 0.05) is 26.5 Å². The molecule has 3 rings (SSSR count). The quantitative estimate of drug-likeness (QED) is 0.457. The number of hydrogen-bond donors (Lipinski definition) is 1. The summed E-state index contributed by atoms with van der Waals surface area (Å²) in [5, 5.41) is 2.68. The third kappa shape index (κ3) is 7.65. The predicted octanol–water partition coefficient (Wildman–Crippen LogP) is 2.71. The van der Waals surface area contributed by atoms with Gasteiger partial charge in [0.25, 0.3) is 5.91 Å². The number of esters is 2. The molecule has 0 bridgehead atoms. The fraction of sp³-hybridized carbons (Fsp3) is 0.481. The number of pyridine rings is 1. The highest BCUT2D eigenvalue weighted by molar-refractivity contribution is 5.98. The normalized spacial score (nSPS) is 21.7. The highest BCUT2D eigenvalue weighted by atomic mass is 16.6. The summed E-state index contributed by atoms with van der Waals surface area (Å²) in [6, 6.07) is 9.82. The van der Waals surface area contributed by atoms with Crippen molar-refractivity contribution in [3.05, 3.63) is 48.3 Å². The van der Waals surface area contributed by atoms with E-state index in [0.29, 0.717) is 18.6 Å². The summed E-state index contributed by atoms with van der Waals surface area (Å²) in [5.41, 5.74) is -0.198. The van der Waals surface area contributed by atoms with Crippen molar-refractivity contribution >= 4 is 17.8 Å². The first-order valence-electron chi connectivity index (χ1n) is 12.4. The molecule has 0 radical (unpaired) electrons. The maximum atomic E-state index is 13.2. The Morgan fingerprint density at radius 2 is 1.87 bits per heavy atom. The molecule has 1 aromatic carbocycles. The summed E-state index contributed by atoms with van der Waals surface area (Å²) in [4.78, 5) is 42.6. The van der Waals surface area contributed by atoms with E-state index < -0.39 is 36.1 Å². The molecular weight excluding hydrogens is 496 g/mol. The fourth-order valence-electron chi connectivity index (χ4n) is 4.14. The molecule has 11 nitrogen and oxygen atoms in total. The van der Waals surface area contributed by atoms with Crippen molar-refractivity contribution in [1.82, 2.24) is 10.3 Å². The van der Waals surface area contributed by atoms with Crippen molar-refractivity contribution in [3.8, 4) is 17.2 Å². The second-order valence-corrected chi connectivity index (χ2v) is 8.68. The molecule has 1 saturated heterocycles. The van der Waals surface area contributed by atoms with Crippen LogP contribution in [0.3, 0.4) is 0 Å². The number of nitrogens with zero attached hydrogens (tertiary/aromatic N) is 1. The lowest BCUT2D eigenvalue weighted by atomic mass is 10.0. The Labute approximate surface area is 221 Å². The molecule has 1 N–H and O–H groups in total. The van der Waals surface area contributed by atoms with Gasteiger partial charge < -0.3 is 33.7 Å². The Hall–Kier alpha value is -3.70. The summed E-state index contributed by atoms with van der Waals surface area (Å²) >= 11 is 0. The van der Waals surface area contributed by atoms with E-state index in [0.717, 1.165) is 0 Å². The Morgan fingerprint density at radius 1 is 1.11 bits per heavy atom. The second-order valence-electron chi connectivity index (χ2n) is 8.68. The van der Waals surface area contributed by atoms with Crippen LogP contribution in [0.1, 0.15) is 43.1 Å². The number of amides is 1. The summed E-state index contributed by atoms with van der Waals surface area (Å²) < 4.78 is 33.0. The lowest BCUT2D eigenvalue weighted by Gasteiger charge is -2.30. The molecular formula is C27H34N2O9. The summed E-state index contributed by atoms with van der Waals surface area (Å²) in [7, 11) is 4.37. The number of carbonyl (C=O) groups is 3. The van der Waals surface area contributed by atoms with Crippen LogP contribution in [0.25, 0.3) is 0 Å². The molecule has 1 aliphatic rings. The third-order valence-corrected chi connectivity index (χ3v) is 6.03. The van der Waals surface area contributed by atoms with Crippen LogP contribution in [0.4, 0.5) is 0 Å². The smallest absolute Gasteiger partial charge is 0.329 e. The van der Waals surface area contributed by atoms with Gasteiger partial charge in [0.1, 0.15) is 30.1 Å². The number of benzene rings is 1. The van der Waals surface area contributed by atoms with Crippen LogP contribution < -0.4 is 19.5 Å². The number of cyclic esters (lactones) is 1. The molecule has 11 heteroatoms. The summed E-state index contributed by atoms with van der Waals surface area (Å²) in [6.45, 7) is 1.87. The van der Waals surface area contributed by atoms with Crippen molar-refractivity contribution in [1.29, 1.82) is 0 Å². The van der Waals surface area contributed by atoms with Gasteiger partial charge in [0.05, 0.1) is 20.1 Å². The lowest BCUT2D eigenvalue weighted by molar-refractivity contribution is -0.160. The van der Waals surface area contributed by atoms with E-state index in [4.69, 9.17) is 28.4 Å². The zero-order valence-corrected chi connectivity index (χ0v) is 22.0. The second kappa shape index (κ2) is 14.3. The van der Waals surface area contributed by atoms with Crippen LogP contribution in [0.15, 0.2) is 42.6 Å². The van der Waals surface area contributed by atoms with Crippen molar-refractivity contribution in [2.45, 2.75) is 57.0 Å². The topological polar surface area (TPSA) is 132 Å². The molecule has 2 heterocycles. The number of nitrogens with one attached hydrogen (secondary N) is 1. The molecule has 1 aliphatic heterocycles. The first-order chi connectivity index (χ1) is 18.4.